The third kappa shape index (κ3) is 3.40. The van der Waals surface area contributed by atoms with Crippen LogP contribution in [0.4, 0.5) is 4.39 Å². The molecule has 0 bridgehead atoms. The van der Waals surface area contributed by atoms with Crippen LogP contribution in [0.5, 0.6) is 0 Å². The predicted molar refractivity (Wildman–Crippen MR) is 71.6 cm³/mol. The number of hydrogen-bond donors (Lipinski definition) is 1. The largest absolute Gasteiger partial charge is 0.262 e. The Balaban J connectivity index is 2.11. The second-order valence-corrected chi connectivity index (χ2v) is 6.60. The molecule has 8 heteroatoms. The molecule has 0 fully saturated rings. The highest BCUT2D eigenvalue weighted by atomic mass is 32.2. The normalized spacial score (nSPS) is 12.0. The van der Waals surface area contributed by atoms with Gasteiger partial charge >= 0.3 is 0 Å². The van der Waals surface area contributed by atoms with Gasteiger partial charge in [-0.3, -0.25) is 5.10 Å². The van der Waals surface area contributed by atoms with Crippen molar-refractivity contribution in [1.29, 1.82) is 0 Å². The summed E-state index contributed by atoms with van der Waals surface area (Å²) in [7, 11) is -2.09. The summed E-state index contributed by atoms with van der Waals surface area (Å²) in [4.78, 5) is 3.87. The summed E-state index contributed by atoms with van der Waals surface area (Å²) in [5.41, 5.74) is 0.902. The summed E-state index contributed by atoms with van der Waals surface area (Å²) in [6, 6.07) is 4.42. The van der Waals surface area contributed by atoms with E-state index in [4.69, 9.17) is 0 Å². The standard InChI is InChI=1S/C12H15FN4O2S/c1-9-3-4-10(5-11(9)13)7-20(18,19)17(2)6-12-14-8-15-16-12/h3-5,8H,6-7H2,1-2H3,(H,14,15,16). The van der Waals surface area contributed by atoms with Crippen molar-refractivity contribution in [2.75, 3.05) is 7.05 Å². The van der Waals surface area contributed by atoms with Crippen LogP contribution in [0.3, 0.4) is 0 Å². The van der Waals surface area contributed by atoms with Gasteiger partial charge in [0, 0.05) is 7.05 Å². The van der Waals surface area contributed by atoms with Crippen molar-refractivity contribution in [2.24, 2.45) is 0 Å². The molecule has 20 heavy (non-hydrogen) atoms. The van der Waals surface area contributed by atoms with E-state index in [9.17, 15) is 12.8 Å². The summed E-state index contributed by atoms with van der Waals surface area (Å²) < 4.78 is 38.9. The Hall–Kier alpha value is -1.80. The smallest absolute Gasteiger partial charge is 0.218 e. The van der Waals surface area contributed by atoms with E-state index >= 15 is 0 Å². The van der Waals surface area contributed by atoms with Crippen LogP contribution in [0.2, 0.25) is 0 Å². The summed E-state index contributed by atoms with van der Waals surface area (Å²) in [5, 5.41) is 6.25. The molecule has 0 atom stereocenters. The molecule has 6 nitrogen and oxygen atoms in total. The number of aromatic nitrogens is 3. The van der Waals surface area contributed by atoms with Gasteiger partial charge in [0.1, 0.15) is 18.0 Å². The van der Waals surface area contributed by atoms with Gasteiger partial charge in [-0.1, -0.05) is 12.1 Å². The Morgan fingerprint density at radius 2 is 2.15 bits per heavy atom. The van der Waals surface area contributed by atoms with Gasteiger partial charge in [0.2, 0.25) is 10.0 Å². The molecule has 1 aromatic heterocycles. The van der Waals surface area contributed by atoms with Crippen LogP contribution in [0.1, 0.15) is 17.0 Å². The van der Waals surface area contributed by atoms with Crippen molar-refractivity contribution in [3.05, 3.63) is 47.3 Å². The molecule has 0 amide bonds. The Morgan fingerprint density at radius 1 is 1.40 bits per heavy atom. The molecule has 1 heterocycles. The van der Waals surface area contributed by atoms with Gasteiger partial charge in [-0.05, 0) is 24.1 Å². The quantitative estimate of drug-likeness (QED) is 0.900. The van der Waals surface area contributed by atoms with Crippen molar-refractivity contribution in [3.63, 3.8) is 0 Å². The summed E-state index contributed by atoms with van der Waals surface area (Å²) >= 11 is 0. The van der Waals surface area contributed by atoms with Crippen molar-refractivity contribution < 1.29 is 12.8 Å². The van der Waals surface area contributed by atoms with E-state index in [0.29, 0.717) is 17.0 Å². The second kappa shape index (κ2) is 5.68. The maximum absolute atomic E-state index is 13.4. The number of nitrogens with zero attached hydrogens (tertiary/aromatic N) is 3. The highest BCUT2D eigenvalue weighted by Gasteiger charge is 2.20. The minimum atomic E-state index is -3.54. The zero-order valence-electron chi connectivity index (χ0n) is 11.2. The second-order valence-electron chi connectivity index (χ2n) is 4.53. The van der Waals surface area contributed by atoms with Gasteiger partial charge in [-0.2, -0.15) is 9.40 Å². The van der Waals surface area contributed by atoms with Crippen LogP contribution < -0.4 is 0 Å². The van der Waals surface area contributed by atoms with Gasteiger partial charge in [-0.25, -0.2) is 17.8 Å². The lowest BCUT2D eigenvalue weighted by atomic mass is 10.2. The summed E-state index contributed by atoms with van der Waals surface area (Å²) in [5.74, 6) is -0.212. The molecule has 0 aliphatic heterocycles. The van der Waals surface area contributed by atoms with Crippen LogP contribution in [0.25, 0.3) is 0 Å². The number of aryl methyl sites for hydroxylation is 1. The van der Waals surface area contributed by atoms with Gasteiger partial charge in [0.15, 0.2) is 0 Å². The van der Waals surface area contributed by atoms with Crippen LogP contribution in [-0.2, 0) is 22.3 Å². The first-order chi connectivity index (χ1) is 9.38. The van der Waals surface area contributed by atoms with Gasteiger partial charge in [0.25, 0.3) is 0 Å². The number of hydrogen-bond acceptors (Lipinski definition) is 4. The van der Waals surface area contributed by atoms with E-state index in [1.165, 1.54) is 19.4 Å². The first-order valence-electron chi connectivity index (χ1n) is 5.92. The fourth-order valence-electron chi connectivity index (χ4n) is 1.66. The lowest BCUT2D eigenvalue weighted by molar-refractivity contribution is 0.456. The average molecular weight is 298 g/mol. The van der Waals surface area contributed by atoms with Crippen LogP contribution in [-0.4, -0.2) is 35.0 Å². The topological polar surface area (TPSA) is 79.0 Å². The molecule has 0 saturated heterocycles. The molecule has 0 aliphatic rings. The Labute approximate surface area is 116 Å². The zero-order chi connectivity index (χ0) is 14.8. The molecule has 2 aromatic rings. The highest BCUT2D eigenvalue weighted by Crippen LogP contribution is 2.14. The third-order valence-corrected chi connectivity index (χ3v) is 4.67. The molecule has 0 saturated carbocycles. The molecule has 0 spiro atoms. The zero-order valence-corrected chi connectivity index (χ0v) is 12.0. The molecule has 1 aromatic carbocycles. The Morgan fingerprint density at radius 3 is 2.75 bits per heavy atom. The first-order valence-corrected chi connectivity index (χ1v) is 7.52. The number of sulfonamides is 1. The summed E-state index contributed by atoms with van der Waals surface area (Å²) in [6.45, 7) is 1.72. The van der Waals surface area contributed by atoms with E-state index in [1.807, 2.05) is 0 Å². The molecular formula is C12H15FN4O2S. The van der Waals surface area contributed by atoms with Crippen LogP contribution in [0, 0.1) is 12.7 Å². The van der Waals surface area contributed by atoms with Crippen LogP contribution >= 0.6 is 0 Å². The highest BCUT2D eigenvalue weighted by molar-refractivity contribution is 7.88. The molecule has 1 N–H and O–H groups in total. The molecule has 108 valence electrons. The maximum atomic E-state index is 13.4. The van der Waals surface area contributed by atoms with Crippen LogP contribution in [0.15, 0.2) is 24.5 Å². The number of halogens is 1. The fourth-order valence-corrected chi connectivity index (χ4v) is 2.80. The number of aromatic amines is 1. The van der Waals surface area contributed by atoms with Crippen molar-refractivity contribution >= 4 is 10.0 Å². The summed E-state index contributed by atoms with van der Waals surface area (Å²) in [6.07, 6.45) is 1.31. The van der Waals surface area contributed by atoms with Crippen molar-refractivity contribution in [3.8, 4) is 0 Å². The third-order valence-electron chi connectivity index (χ3n) is 2.90. The van der Waals surface area contributed by atoms with E-state index in [-0.39, 0.29) is 12.3 Å². The van der Waals surface area contributed by atoms with E-state index in [2.05, 4.69) is 15.2 Å². The van der Waals surface area contributed by atoms with Crippen molar-refractivity contribution in [2.45, 2.75) is 19.2 Å². The van der Waals surface area contributed by atoms with E-state index < -0.39 is 15.8 Å². The molecule has 2 rings (SSSR count). The number of H-pyrrole nitrogens is 1. The minimum Gasteiger partial charge on any atom is -0.262 e. The number of rotatable bonds is 5. The molecular weight excluding hydrogens is 283 g/mol. The van der Waals surface area contributed by atoms with Gasteiger partial charge in [-0.15, -0.1) is 0 Å². The molecule has 0 radical (unpaired) electrons. The van der Waals surface area contributed by atoms with E-state index in [1.54, 1.807) is 19.1 Å². The Kier molecular flexibility index (Phi) is 4.15. The minimum absolute atomic E-state index is 0.0939. The average Bonchev–Trinajstić information content (AvgIpc) is 2.86. The van der Waals surface area contributed by atoms with Crippen molar-refractivity contribution in [1.82, 2.24) is 19.5 Å². The first kappa shape index (κ1) is 14.6. The number of benzene rings is 1. The fraction of sp³-hybridized carbons (Fsp3) is 0.333. The monoisotopic (exact) mass is 298 g/mol. The lowest BCUT2D eigenvalue weighted by Gasteiger charge is -2.15. The maximum Gasteiger partial charge on any atom is 0.218 e. The van der Waals surface area contributed by atoms with Gasteiger partial charge < -0.3 is 0 Å². The molecule has 0 unspecified atom stereocenters. The van der Waals surface area contributed by atoms with Gasteiger partial charge in [0.05, 0.1) is 12.3 Å². The Bertz CT molecular complexity index is 685. The van der Waals surface area contributed by atoms with E-state index in [0.717, 1.165) is 4.31 Å². The SMILES string of the molecule is Cc1ccc(CS(=O)(=O)N(C)Cc2ncn[nH]2)cc1F. The number of nitrogens with one attached hydrogen (secondary N) is 1. The predicted octanol–water partition coefficient (Wildman–Crippen LogP) is 1.21. The molecule has 0 aliphatic carbocycles. The lowest BCUT2D eigenvalue weighted by Crippen LogP contribution is -2.28.